The van der Waals surface area contributed by atoms with Gasteiger partial charge in [0, 0.05) is 24.6 Å². The summed E-state index contributed by atoms with van der Waals surface area (Å²) in [5, 5.41) is 0. The quantitative estimate of drug-likeness (QED) is 0.829. The Bertz CT molecular complexity index is 498. The summed E-state index contributed by atoms with van der Waals surface area (Å²) in [6.45, 7) is 4.29. The molecule has 1 saturated heterocycles. The highest BCUT2D eigenvalue weighted by molar-refractivity contribution is 5.37. The van der Waals surface area contributed by atoms with Crippen molar-refractivity contribution in [3.8, 4) is 11.4 Å². The molecule has 2 aromatic rings. The van der Waals surface area contributed by atoms with Crippen molar-refractivity contribution in [2.75, 3.05) is 26.2 Å². The molecule has 1 aromatic carbocycles. The first kappa shape index (κ1) is 13.3. The van der Waals surface area contributed by atoms with Crippen molar-refractivity contribution in [2.24, 2.45) is 0 Å². The van der Waals surface area contributed by atoms with Crippen LogP contribution in [-0.2, 0) is 0 Å². The van der Waals surface area contributed by atoms with Crippen LogP contribution >= 0.6 is 0 Å². The third-order valence-corrected chi connectivity index (χ3v) is 3.86. The van der Waals surface area contributed by atoms with Crippen LogP contribution in [0.3, 0.4) is 0 Å². The number of likely N-dealkylation sites (tertiary alicyclic amines) is 1. The van der Waals surface area contributed by atoms with Crippen LogP contribution in [-0.4, -0.2) is 35.7 Å². The minimum absolute atomic E-state index is 0.781. The maximum atomic E-state index is 5.83. The van der Waals surface area contributed by atoms with Crippen molar-refractivity contribution in [3.63, 3.8) is 0 Å². The normalized spacial score (nSPS) is 16.2. The molecule has 3 heteroatoms. The number of hydrogen-bond acceptors (Lipinski definition) is 2. The van der Waals surface area contributed by atoms with E-state index >= 15 is 0 Å². The molecule has 1 aromatic heterocycles. The van der Waals surface area contributed by atoms with Crippen LogP contribution in [0, 0.1) is 0 Å². The molecule has 1 fully saturated rings. The fourth-order valence-corrected chi connectivity index (χ4v) is 2.70. The number of benzene rings is 1. The molecule has 3 rings (SSSR count). The number of rotatable bonds is 5. The topological polar surface area (TPSA) is 17.4 Å². The van der Waals surface area contributed by atoms with Crippen molar-refractivity contribution >= 4 is 0 Å². The molecule has 0 unspecified atom stereocenters. The highest BCUT2D eigenvalue weighted by atomic mass is 16.5. The van der Waals surface area contributed by atoms with Crippen LogP contribution in [0.5, 0.6) is 5.75 Å². The predicted octanol–water partition coefficient (Wildman–Crippen LogP) is 3.34. The highest BCUT2D eigenvalue weighted by Crippen LogP contribution is 2.15. The van der Waals surface area contributed by atoms with Crippen LogP contribution in [0.4, 0.5) is 0 Å². The number of aromatic nitrogens is 1. The molecule has 3 nitrogen and oxygen atoms in total. The van der Waals surface area contributed by atoms with E-state index in [4.69, 9.17) is 4.74 Å². The summed E-state index contributed by atoms with van der Waals surface area (Å²) in [7, 11) is 0. The second kappa shape index (κ2) is 6.62. The molecule has 0 N–H and O–H groups in total. The van der Waals surface area contributed by atoms with Gasteiger partial charge in [0.05, 0.1) is 0 Å². The van der Waals surface area contributed by atoms with Crippen molar-refractivity contribution in [1.29, 1.82) is 0 Å². The molecule has 0 atom stereocenters. The van der Waals surface area contributed by atoms with Crippen molar-refractivity contribution in [3.05, 3.63) is 48.8 Å². The Morgan fingerprint density at radius 3 is 2.30 bits per heavy atom. The Morgan fingerprint density at radius 1 is 0.900 bits per heavy atom. The van der Waals surface area contributed by atoms with Gasteiger partial charge < -0.3 is 9.30 Å². The zero-order valence-electron chi connectivity index (χ0n) is 11.9. The van der Waals surface area contributed by atoms with Gasteiger partial charge in [-0.3, -0.25) is 4.90 Å². The molecule has 2 heterocycles. The number of ether oxygens (including phenoxy) is 1. The minimum atomic E-state index is 0.781. The Hall–Kier alpha value is -1.74. The van der Waals surface area contributed by atoms with Crippen LogP contribution in [0.25, 0.3) is 5.69 Å². The van der Waals surface area contributed by atoms with Gasteiger partial charge in [0.2, 0.25) is 0 Å². The largest absolute Gasteiger partial charge is 0.492 e. The molecule has 20 heavy (non-hydrogen) atoms. The van der Waals surface area contributed by atoms with Crippen LogP contribution in [0.15, 0.2) is 48.8 Å². The molecular formula is C17H22N2O. The van der Waals surface area contributed by atoms with Crippen molar-refractivity contribution in [2.45, 2.75) is 19.3 Å². The van der Waals surface area contributed by atoms with E-state index in [1.807, 2.05) is 36.7 Å². The van der Waals surface area contributed by atoms with Crippen molar-refractivity contribution in [1.82, 2.24) is 9.47 Å². The van der Waals surface area contributed by atoms with Crippen LogP contribution in [0.2, 0.25) is 0 Å². The number of nitrogens with zero attached hydrogens (tertiary/aromatic N) is 2. The Balaban J connectivity index is 1.48. The van der Waals surface area contributed by atoms with E-state index in [0.717, 1.165) is 18.9 Å². The first-order chi connectivity index (χ1) is 9.92. The van der Waals surface area contributed by atoms with E-state index in [-0.39, 0.29) is 0 Å². The fourth-order valence-electron chi connectivity index (χ4n) is 2.70. The average molecular weight is 270 g/mol. The minimum Gasteiger partial charge on any atom is -0.492 e. The average Bonchev–Trinajstić information content (AvgIpc) is 3.03. The highest BCUT2D eigenvalue weighted by Gasteiger charge is 2.09. The van der Waals surface area contributed by atoms with Gasteiger partial charge in [-0.1, -0.05) is 6.42 Å². The SMILES string of the molecule is c1ccn(-c2ccc(OCCN3CCCCC3)cc2)c1. The van der Waals surface area contributed by atoms with Crippen molar-refractivity contribution < 1.29 is 4.74 Å². The van der Waals surface area contributed by atoms with Gasteiger partial charge in [0.1, 0.15) is 12.4 Å². The molecule has 0 amide bonds. The van der Waals surface area contributed by atoms with Gasteiger partial charge >= 0.3 is 0 Å². The lowest BCUT2D eigenvalue weighted by Crippen LogP contribution is -2.33. The van der Waals surface area contributed by atoms with Gasteiger partial charge in [-0.15, -0.1) is 0 Å². The van der Waals surface area contributed by atoms with E-state index in [1.54, 1.807) is 0 Å². The lowest BCUT2D eigenvalue weighted by atomic mass is 10.1. The van der Waals surface area contributed by atoms with Gasteiger partial charge in [0.15, 0.2) is 0 Å². The summed E-state index contributed by atoms with van der Waals surface area (Å²) in [6.07, 6.45) is 8.16. The zero-order chi connectivity index (χ0) is 13.6. The van der Waals surface area contributed by atoms with Gasteiger partial charge in [0.25, 0.3) is 0 Å². The van der Waals surface area contributed by atoms with Crippen LogP contribution in [0.1, 0.15) is 19.3 Å². The Kier molecular flexibility index (Phi) is 4.38. The molecule has 0 radical (unpaired) electrons. The molecule has 0 spiro atoms. The summed E-state index contributed by atoms with van der Waals surface area (Å²) >= 11 is 0. The lowest BCUT2D eigenvalue weighted by molar-refractivity contribution is 0.183. The lowest BCUT2D eigenvalue weighted by Gasteiger charge is -2.26. The standard InChI is InChI=1S/C17H22N2O/c1-2-10-18(11-3-1)14-15-20-17-8-6-16(7-9-17)19-12-4-5-13-19/h4-9,12-13H,1-3,10-11,14-15H2. The van der Waals surface area contributed by atoms with Gasteiger partial charge in [-0.2, -0.15) is 0 Å². The summed E-state index contributed by atoms with van der Waals surface area (Å²) in [5.41, 5.74) is 1.17. The predicted molar refractivity (Wildman–Crippen MR) is 81.6 cm³/mol. The first-order valence-corrected chi connectivity index (χ1v) is 7.50. The van der Waals surface area contributed by atoms with Gasteiger partial charge in [-0.25, -0.2) is 0 Å². The van der Waals surface area contributed by atoms with E-state index in [1.165, 1.54) is 38.0 Å². The van der Waals surface area contributed by atoms with E-state index < -0.39 is 0 Å². The molecular weight excluding hydrogens is 248 g/mol. The Morgan fingerprint density at radius 2 is 1.60 bits per heavy atom. The van der Waals surface area contributed by atoms with Gasteiger partial charge in [-0.05, 0) is 62.3 Å². The molecule has 0 aliphatic carbocycles. The number of hydrogen-bond donors (Lipinski definition) is 0. The molecule has 1 aliphatic heterocycles. The second-order valence-electron chi connectivity index (χ2n) is 5.33. The third-order valence-electron chi connectivity index (χ3n) is 3.86. The molecule has 106 valence electrons. The number of piperidine rings is 1. The molecule has 1 aliphatic rings. The molecule has 0 bridgehead atoms. The zero-order valence-corrected chi connectivity index (χ0v) is 11.9. The third kappa shape index (κ3) is 3.42. The summed E-state index contributed by atoms with van der Waals surface area (Å²) < 4.78 is 7.92. The summed E-state index contributed by atoms with van der Waals surface area (Å²) in [4.78, 5) is 2.50. The summed E-state index contributed by atoms with van der Waals surface area (Å²) in [5.74, 6) is 0.956. The van der Waals surface area contributed by atoms with E-state index in [2.05, 4.69) is 21.6 Å². The van der Waals surface area contributed by atoms with E-state index in [0.29, 0.717) is 0 Å². The fraction of sp³-hybridized carbons (Fsp3) is 0.412. The Labute approximate surface area is 120 Å². The summed E-state index contributed by atoms with van der Waals surface area (Å²) in [6, 6.07) is 12.3. The first-order valence-electron chi connectivity index (χ1n) is 7.50. The smallest absolute Gasteiger partial charge is 0.119 e. The maximum absolute atomic E-state index is 5.83. The second-order valence-corrected chi connectivity index (χ2v) is 5.33. The monoisotopic (exact) mass is 270 g/mol. The molecule has 0 saturated carbocycles. The van der Waals surface area contributed by atoms with Crippen LogP contribution < -0.4 is 4.74 Å². The van der Waals surface area contributed by atoms with E-state index in [9.17, 15) is 0 Å². The maximum Gasteiger partial charge on any atom is 0.119 e.